The van der Waals surface area contributed by atoms with Crippen molar-refractivity contribution < 1.29 is 4.42 Å². The lowest BCUT2D eigenvalue weighted by atomic mass is 9.95. The van der Waals surface area contributed by atoms with Gasteiger partial charge in [0.1, 0.15) is 11.5 Å². The van der Waals surface area contributed by atoms with Crippen molar-refractivity contribution in [3.05, 3.63) is 101 Å². The molecule has 1 aromatic heterocycles. The molecule has 1 heteroatoms. The molecule has 28 heavy (non-hydrogen) atoms. The van der Waals surface area contributed by atoms with E-state index in [4.69, 9.17) is 4.42 Å². The largest absolute Gasteiger partial charge is 0.456 e. The predicted molar refractivity (Wildman–Crippen MR) is 117 cm³/mol. The minimum atomic E-state index is 0.730. The van der Waals surface area contributed by atoms with Crippen LogP contribution in [0.1, 0.15) is 47.5 Å². The zero-order valence-corrected chi connectivity index (χ0v) is 15.8. The van der Waals surface area contributed by atoms with Crippen LogP contribution in [0.3, 0.4) is 0 Å². The number of allylic oxidation sites excluding steroid dienone is 5. The Labute approximate surface area is 165 Å². The van der Waals surface area contributed by atoms with E-state index in [0.29, 0.717) is 0 Å². The highest BCUT2D eigenvalue weighted by molar-refractivity contribution is 5.91. The molecule has 0 N–H and O–H groups in total. The molecule has 0 amide bonds. The van der Waals surface area contributed by atoms with Crippen molar-refractivity contribution in [3.63, 3.8) is 0 Å². The highest BCUT2D eigenvalue weighted by Gasteiger charge is 2.29. The normalized spacial score (nSPS) is 18.1. The van der Waals surface area contributed by atoms with Crippen LogP contribution in [0, 0.1) is 5.92 Å². The van der Waals surface area contributed by atoms with Gasteiger partial charge in [-0.2, -0.15) is 0 Å². The molecular formula is C27H22O. The molecule has 0 aliphatic heterocycles. The van der Waals surface area contributed by atoms with Crippen molar-refractivity contribution in [2.75, 3.05) is 0 Å². The zero-order valence-electron chi connectivity index (χ0n) is 15.8. The quantitative estimate of drug-likeness (QED) is 0.470. The second kappa shape index (κ2) is 6.24. The first kappa shape index (κ1) is 15.9. The summed E-state index contributed by atoms with van der Waals surface area (Å²) in [5, 5.41) is 2.55. The molecule has 0 atom stereocenters. The summed E-state index contributed by atoms with van der Waals surface area (Å²) < 4.78 is 6.48. The van der Waals surface area contributed by atoms with E-state index < -0.39 is 0 Å². The molecule has 0 saturated heterocycles. The van der Waals surface area contributed by atoms with Crippen LogP contribution in [-0.2, 0) is 6.42 Å². The van der Waals surface area contributed by atoms with Gasteiger partial charge in [0.2, 0.25) is 0 Å². The molecule has 3 aliphatic rings. The first-order valence-electron chi connectivity index (χ1n) is 10.3. The number of hydrogen-bond acceptors (Lipinski definition) is 1. The van der Waals surface area contributed by atoms with Crippen molar-refractivity contribution in [2.24, 2.45) is 5.92 Å². The van der Waals surface area contributed by atoms with Gasteiger partial charge < -0.3 is 4.42 Å². The molecular weight excluding hydrogens is 340 g/mol. The minimum absolute atomic E-state index is 0.730. The lowest BCUT2D eigenvalue weighted by Gasteiger charge is -2.09. The Morgan fingerprint density at radius 1 is 0.893 bits per heavy atom. The van der Waals surface area contributed by atoms with E-state index in [0.717, 1.165) is 30.3 Å². The zero-order chi connectivity index (χ0) is 18.5. The van der Waals surface area contributed by atoms with Crippen molar-refractivity contribution in [2.45, 2.75) is 25.7 Å². The Morgan fingerprint density at radius 3 is 2.64 bits per heavy atom. The van der Waals surface area contributed by atoms with Crippen LogP contribution >= 0.6 is 0 Å². The summed E-state index contributed by atoms with van der Waals surface area (Å²) in [5.41, 5.74) is 6.53. The van der Waals surface area contributed by atoms with E-state index in [1.54, 1.807) is 0 Å². The first-order valence-corrected chi connectivity index (χ1v) is 10.3. The van der Waals surface area contributed by atoms with Crippen LogP contribution in [0.5, 0.6) is 0 Å². The predicted octanol–water partition coefficient (Wildman–Crippen LogP) is 7.19. The minimum Gasteiger partial charge on any atom is -0.456 e. The Morgan fingerprint density at radius 2 is 1.75 bits per heavy atom. The molecule has 1 heterocycles. The van der Waals surface area contributed by atoms with Crippen molar-refractivity contribution in [1.29, 1.82) is 0 Å². The van der Waals surface area contributed by atoms with Gasteiger partial charge in [0, 0.05) is 16.7 Å². The van der Waals surface area contributed by atoms with E-state index in [1.807, 2.05) is 0 Å². The van der Waals surface area contributed by atoms with Crippen LogP contribution in [-0.4, -0.2) is 0 Å². The maximum atomic E-state index is 6.48. The number of benzene rings is 2. The summed E-state index contributed by atoms with van der Waals surface area (Å²) in [5.74, 6) is 2.77. The number of rotatable bonds is 2. The van der Waals surface area contributed by atoms with Gasteiger partial charge in [-0.3, -0.25) is 0 Å². The maximum absolute atomic E-state index is 6.48. The molecule has 3 aromatic rings. The Hall–Kier alpha value is -3.06. The fourth-order valence-corrected chi connectivity index (χ4v) is 4.45. The van der Waals surface area contributed by atoms with Gasteiger partial charge >= 0.3 is 0 Å². The fraction of sp³-hybridized carbons (Fsp3) is 0.185. The lowest BCUT2D eigenvalue weighted by Crippen LogP contribution is -1.91. The summed E-state index contributed by atoms with van der Waals surface area (Å²) in [6, 6.07) is 15.3. The fourth-order valence-electron chi connectivity index (χ4n) is 4.45. The molecule has 0 bridgehead atoms. The van der Waals surface area contributed by atoms with Crippen LogP contribution in [0.15, 0.2) is 76.8 Å². The standard InChI is InChI=1S/C27H22O/c1-2-8-23-24-15-14-21(19-10-11-19)17-25(27(24)28-26(23)9-3-1)22-13-12-18-6-4-5-7-20(18)16-22/h2-9,12-14,16-17,19H,1,10-11,15H2. The monoisotopic (exact) mass is 362 g/mol. The molecule has 2 aromatic carbocycles. The average molecular weight is 362 g/mol. The van der Waals surface area contributed by atoms with E-state index in [1.165, 1.54) is 51.5 Å². The van der Waals surface area contributed by atoms with Crippen molar-refractivity contribution in [1.82, 2.24) is 0 Å². The topological polar surface area (TPSA) is 13.1 Å². The third kappa shape index (κ3) is 2.62. The molecule has 0 unspecified atom stereocenters. The van der Waals surface area contributed by atoms with Crippen LogP contribution in [0.2, 0.25) is 0 Å². The second-order valence-corrected chi connectivity index (χ2v) is 8.03. The van der Waals surface area contributed by atoms with Crippen LogP contribution in [0.25, 0.3) is 28.5 Å². The third-order valence-electron chi connectivity index (χ3n) is 6.11. The Bertz CT molecular complexity index is 1210. The summed E-state index contributed by atoms with van der Waals surface area (Å²) in [7, 11) is 0. The van der Waals surface area contributed by atoms with Gasteiger partial charge in [-0.15, -0.1) is 0 Å². The molecule has 6 rings (SSSR count). The number of hydrogen-bond donors (Lipinski definition) is 0. The second-order valence-electron chi connectivity index (χ2n) is 8.03. The molecule has 136 valence electrons. The average Bonchev–Trinajstić information content (AvgIpc) is 3.55. The molecule has 0 radical (unpaired) electrons. The van der Waals surface area contributed by atoms with Crippen LogP contribution < -0.4 is 0 Å². The summed E-state index contributed by atoms with van der Waals surface area (Å²) >= 11 is 0. The van der Waals surface area contributed by atoms with Gasteiger partial charge in [-0.1, -0.05) is 60.7 Å². The molecule has 1 nitrogen and oxygen atoms in total. The van der Waals surface area contributed by atoms with Gasteiger partial charge in [-0.25, -0.2) is 0 Å². The highest BCUT2D eigenvalue weighted by Crippen LogP contribution is 2.44. The highest BCUT2D eigenvalue weighted by atomic mass is 16.3. The SMILES string of the molecule is C1=Cc2oc3c(c2C=CC1)CC=C(C1CC1)C=C3c1ccc2ccccc2c1. The Kier molecular flexibility index (Phi) is 3.55. The van der Waals surface area contributed by atoms with Gasteiger partial charge in [-0.05, 0) is 71.7 Å². The van der Waals surface area contributed by atoms with Crippen molar-refractivity contribution >= 4 is 28.5 Å². The van der Waals surface area contributed by atoms with Gasteiger partial charge in [0.25, 0.3) is 0 Å². The molecule has 3 aliphatic carbocycles. The van der Waals surface area contributed by atoms with Crippen LogP contribution in [0.4, 0.5) is 0 Å². The number of furan rings is 1. The molecule has 0 spiro atoms. The van der Waals surface area contributed by atoms with E-state index in [2.05, 4.69) is 78.9 Å². The number of fused-ring (bicyclic) bond motifs is 4. The molecule has 1 fully saturated rings. The van der Waals surface area contributed by atoms with E-state index in [9.17, 15) is 0 Å². The summed E-state index contributed by atoms with van der Waals surface area (Å²) in [4.78, 5) is 0. The van der Waals surface area contributed by atoms with Gasteiger partial charge in [0.05, 0.1) is 0 Å². The van der Waals surface area contributed by atoms with E-state index in [-0.39, 0.29) is 0 Å². The maximum Gasteiger partial charge on any atom is 0.139 e. The smallest absolute Gasteiger partial charge is 0.139 e. The lowest BCUT2D eigenvalue weighted by molar-refractivity contribution is 0.541. The molecule has 1 saturated carbocycles. The van der Waals surface area contributed by atoms with Gasteiger partial charge in [0.15, 0.2) is 0 Å². The summed E-state index contributed by atoms with van der Waals surface area (Å²) in [6.07, 6.45) is 18.2. The van der Waals surface area contributed by atoms with E-state index >= 15 is 0 Å². The Balaban J connectivity index is 1.57. The third-order valence-corrected chi connectivity index (χ3v) is 6.11. The first-order chi connectivity index (χ1) is 13.9. The van der Waals surface area contributed by atoms with Crippen molar-refractivity contribution in [3.8, 4) is 0 Å². The summed E-state index contributed by atoms with van der Waals surface area (Å²) in [6.45, 7) is 0.